The molecular weight excluding hydrogens is 249 g/mol. The summed E-state index contributed by atoms with van der Waals surface area (Å²) in [5.41, 5.74) is 5.35. The number of likely N-dealkylation sites (tertiary alicyclic amines) is 1. The second kappa shape index (κ2) is 5.52. The molecular formula is C13H18FN3O2. The van der Waals surface area contributed by atoms with Gasteiger partial charge in [-0.2, -0.15) is 0 Å². The predicted molar refractivity (Wildman–Crippen MR) is 69.1 cm³/mol. The number of amides is 1. The molecule has 1 aromatic heterocycles. The number of hydrogen-bond acceptors (Lipinski definition) is 4. The maximum absolute atomic E-state index is 13.8. The van der Waals surface area contributed by atoms with Crippen molar-refractivity contribution in [3.05, 3.63) is 23.6 Å². The Kier molecular flexibility index (Phi) is 3.99. The highest BCUT2D eigenvalue weighted by Crippen LogP contribution is 2.22. The van der Waals surface area contributed by atoms with Gasteiger partial charge in [-0.15, -0.1) is 0 Å². The standard InChI is InChI=1S/C13H18FN3O2/c1-8-4-6-17(7-10(8)19-2)13(18)9-3-5-16-12(15)11(9)14/h3,5,8,10H,4,6-7H2,1-2H3,(H2,15,16). The number of nitrogens with zero attached hydrogens (tertiary/aromatic N) is 2. The summed E-state index contributed by atoms with van der Waals surface area (Å²) in [6.45, 7) is 3.15. The molecule has 5 nitrogen and oxygen atoms in total. The number of nitrogen functional groups attached to an aromatic ring is 1. The number of ether oxygens (including phenoxy) is 1. The lowest BCUT2D eigenvalue weighted by molar-refractivity contribution is -0.00172. The molecule has 2 atom stereocenters. The number of aromatic nitrogens is 1. The van der Waals surface area contributed by atoms with Gasteiger partial charge in [-0.05, 0) is 18.4 Å². The van der Waals surface area contributed by atoms with Gasteiger partial charge < -0.3 is 15.4 Å². The number of rotatable bonds is 2. The van der Waals surface area contributed by atoms with Crippen molar-refractivity contribution >= 4 is 11.7 Å². The van der Waals surface area contributed by atoms with Gasteiger partial charge in [0.2, 0.25) is 0 Å². The van der Waals surface area contributed by atoms with Gasteiger partial charge in [0.25, 0.3) is 5.91 Å². The number of carbonyl (C=O) groups is 1. The van der Waals surface area contributed by atoms with E-state index in [9.17, 15) is 9.18 Å². The highest BCUT2D eigenvalue weighted by atomic mass is 19.1. The Morgan fingerprint density at radius 1 is 1.63 bits per heavy atom. The molecule has 1 aliphatic heterocycles. The Morgan fingerprint density at radius 2 is 2.37 bits per heavy atom. The third-order valence-electron chi connectivity index (χ3n) is 3.63. The first-order valence-corrected chi connectivity index (χ1v) is 6.26. The van der Waals surface area contributed by atoms with Crippen molar-refractivity contribution in [1.29, 1.82) is 0 Å². The van der Waals surface area contributed by atoms with E-state index >= 15 is 0 Å². The van der Waals surface area contributed by atoms with E-state index in [4.69, 9.17) is 10.5 Å². The summed E-state index contributed by atoms with van der Waals surface area (Å²) in [6, 6.07) is 1.36. The van der Waals surface area contributed by atoms with Crippen LogP contribution in [0.1, 0.15) is 23.7 Å². The van der Waals surface area contributed by atoms with E-state index in [1.54, 1.807) is 12.0 Å². The summed E-state index contributed by atoms with van der Waals surface area (Å²) in [4.78, 5) is 17.5. The summed E-state index contributed by atoms with van der Waals surface area (Å²) in [5, 5.41) is 0. The highest BCUT2D eigenvalue weighted by Gasteiger charge is 2.30. The summed E-state index contributed by atoms with van der Waals surface area (Å²) in [6.07, 6.45) is 2.17. The molecule has 1 aromatic rings. The molecule has 2 rings (SSSR count). The molecule has 0 aliphatic carbocycles. The molecule has 0 aromatic carbocycles. The van der Waals surface area contributed by atoms with Crippen LogP contribution in [-0.2, 0) is 4.74 Å². The minimum absolute atomic E-state index is 0.0139. The quantitative estimate of drug-likeness (QED) is 0.877. The molecule has 0 radical (unpaired) electrons. The number of carbonyl (C=O) groups excluding carboxylic acids is 1. The average molecular weight is 267 g/mol. The average Bonchev–Trinajstić information content (AvgIpc) is 2.41. The zero-order valence-electron chi connectivity index (χ0n) is 11.1. The van der Waals surface area contributed by atoms with E-state index in [2.05, 4.69) is 11.9 Å². The second-order valence-corrected chi connectivity index (χ2v) is 4.85. The lowest BCUT2D eigenvalue weighted by atomic mass is 9.95. The first-order valence-electron chi connectivity index (χ1n) is 6.26. The summed E-state index contributed by atoms with van der Waals surface area (Å²) < 4.78 is 19.1. The van der Waals surface area contributed by atoms with E-state index in [0.29, 0.717) is 19.0 Å². The van der Waals surface area contributed by atoms with Crippen LogP contribution in [0.3, 0.4) is 0 Å². The van der Waals surface area contributed by atoms with Crippen LogP contribution in [0.2, 0.25) is 0 Å². The van der Waals surface area contributed by atoms with Crippen LogP contribution in [-0.4, -0.2) is 42.1 Å². The van der Waals surface area contributed by atoms with Crippen LogP contribution in [0.15, 0.2) is 12.3 Å². The molecule has 19 heavy (non-hydrogen) atoms. The van der Waals surface area contributed by atoms with Crippen molar-refractivity contribution in [1.82, 2.24) is 9.88 Å². The first kappa shape index (κ1) is 13.7. The lowest BCUT2D eigenvalue weighted by Crippen LogP contribution is -2.46. The summed E-state index contributed by atoms with van der Waals surface area (Å²) in [5.74, 6) is -0.971. The number of hydrogen-bond donors (Lipinski definition) is 1. The first-order chi connectivity index (χ1) is 9.04. The van der Waals surface area contributed by atoms with Gasteiger partial charge in [0.1, 0.15) is 0 Å². The van der Waals surface area contributed by atoms with Gasteiger partial charge in [-0.1, -0.05) is 6.92 Å². The smallest absolute Gasteiger partial charge is 0.257 e. The van der Waals surface area contributed by atoms with Gasteiger partial charge in [0.15, 0.2) is 11.6 Å². The number of anilines is 1. The van der Waals surface area contributed by atoms with Crippen molar-refractivity contribution in [3.8, 4) is 0 Å². The van der Waals surface area contributed by atoms with Crippen LogP contribution in [0.5, 0.6) is 0 Å². The van der Waals surface area contributed by atoms with E-state index in [1.807, 2.05) is 0 Å². The Bertz CT molecular complexity index is 481. The highest BCUT2D eigenvalue weighted by molar-refractivity contribution is 5.95. The molecule has 1 saturated heterocycles. The molecule has 0 saturated carbocycles. The van der Waals surface area contributed by atoms with E-state index in [-0.39, 0.29) is 23.4 Å². The second-order valence-electron chi connectivity index (χ2n) is 4.85. The molecule has 1 fully saturated rings. The Balaban J connectivity index is 2.18. The number of halogens is 1. The van der Waals surface area contributed by atoms with Crippen LogP contribution in [0.4, 0.5) is 10.2 Å². The minimum Gasteiger partial charge on any atom is -0.381 e. The van der Waals surface area contributed by atoms with Crippen LogP contribution < -0.4 is 5.73 Å². The number of pyridine rings is 1. The molecule has 1 amide bonds. The van der Waals surface area contributed by atoms with E-state index in [0.717, 1.165) is 6.42 Å². The van der Waals surface area contributed by atoms with Crippen molar-refractivity contribution < 1.29 is 13.9 Å². The third kappa shape index (κ3) is 2.68. The number of nitrogens with two attached hydrogens (primary N) is 1. The fourth-order valence-electron chi connectivity index (χ4n) is 2.32. The fourth-order valence-corrected chi connectivity index (χ4v) is 2.32. The Hall–Kier alpha value is -1.69. The van der Waals surface area contributed by atoms with Crippen molar-refractivity contribution in [2.24, 2.45) is 5.92 Å². The van der Waals surface area contributed by atoms with E-state index < -0.39 is 5.82 Å². The molecule has 6 heteroatoms. The maximum Gasteiger partial charge on any atom is 0.257 e. The van der Waals surface area contributed by atoms with Gasteiger partial charge in [-0.3, -0.25) is 4.79 Å². The van der Waals surface area contributed by atoms with Crippen LogP contribution in [0.25, 0.3) is 0 Å². The zero-order chi connectivity index (χ0) is 14.0. The molecule has 104 valence electrons. The topological polar surface area (TPSA) is 68.5 Å². The monoisotopic (exact) mass is 267 g/mol. The molecule has 2 N–H and O–H groups in total. The minimum atomic E-state index is -0.750. The Morgan fingerprint density at radius 3 is 3.05 bits per heavy atom. The molecule has 0 spiro atoms. The van der Waals surface area contributed by atoms with Gasteiger partial charge >= 0.3 is 0 Å². The number of piperidine rings is 1. The zero-order valence-corrected chi connectivity index (χ0v) is 11.1. The predicted octanol–water partition coefficient (Wildman–Crippen LogP) is 1.30. The van der Waals surface area contributed by atoms with Crippen molar-refractivity contribution in [2.75, 3.05) is 25.9 Å². The lowest BCUT2D eigenvalue weighted by Gasteiger charge is -2.36. The Labute approximate surface area is 111 Å². The van der Waals surface area contributed by atoms with Crippen LogP contribution in [0, 0.1) is 11.7 Å². The molecule has 2 unspecified atom stereocenters. The fraction of sp³-hybridized carbons (Fsp3) is 0.538. The van der Waals surface area contributed by atoms with E-state index in [1.165, 1.54) is 12.3 Å². The SMILES string of the molecule is COC1CN(C(=O)c2ccnc(N)c2F)CCC1C. The van der Waals surface area contributed by atoms with Crippen molar-refractivity contribution in [3.63, 3.8) is 0 Å². The molecule has 2 heterocycles. The number of methoxy groups -OCH3 is 1. The summed E-state index contributed by atoms with van der Waals surface area (Å²) >= 11 is 0. The normalized spacial score (nSPS) is 23.4. The summed E-state index contributed by atoms with van der Waals surface area (Å²) in [7, 11) is 1.63. The van der Waals surface area contributed by atoms with Gasteiger partial charge in [-0.25, -0.2) is 9.37 Å². The largest absolute Gasteiger partial charge is 0.381 e. The van der Waals surface area contributed by atoms with Gasteiger partial charge in [0.05, 0.1) is 11.7 Å². The van der Waals surface area contributed by atoms with Crippen LogP contribution >= 0.6 is 0 Å². The van der Waals surface area contributed by atoms with Gasteiger partial charge in [0, 0.05) is 26.4 Å². The third-order valence-corrected chi connectivity index (χ3v) is 3.63. The molecule has 0 bridgehead atoms. The maximum atomic E-state index is 13.8. The molecule has 1 aliphatic rings. The van der Waals surface area contributed by atoms with Crippen molar-refractivity contribution in [2.45, 2.75) is 19.4 Å².